The molecule has 2 heterocycles. The Morgan fingerprint density at radius 1 is 1.09 bits per heavy atom. The quantitative estimate of drug-likeness (QED) is 0.544. The number of halogens is 1. The van der Waals surface area contributed by atoms with Crippen LogP contribution in [0, 0.1) is 0 Å². The maximum absolute atomic E-state index is 13.0. The third-order valence-corrected chi connectivity index (χ3v) is 5.73. The fourth-order valence-corrected chi connectivity index (χ4v) is 3.84. The largest absolute Gasteiger partial charge is 0.486 e. The van der Waals surface area contributed by atoms with E-state index in [-0.39, 0.29) is 18.6 Å². The highest BCUT2D eigenvalue weighted by Gasteiger charge is 2.22. The molecule has 1 amide bonds. The number of aromatic nitrogens is 4. The molecule has 0 atom stereocenters. The number of carbonyl (C=O) groups excluding carboxylic acids is 1. The standard InChI is InChI=1S/C23H27ClN6O2/c1-17(2)30-22(25-26-27-30)16-32-21-5-3-4-19(14-21)23(31)29-12-10-28(11-13-29)15-18-6-8-20(24)9-7-18/h3-9,14,17H,10-13,15-16H2,1-2H3. The molecule has 0 radical (unpaired) electrons. The summed E-state index contributed by atoms with van der Waals surface area (Å²) in [6.07, 6.45) is 0. The highest BCUT2D eigenvalue weighted by molar-refractivity contribution is 6.30. The van der Waals surface area contributed by atoms with Crippen LogP contribution in [0.4, 0.5) is 0 Å². The number of carbonyl (C=O) groups is 1. The van der Waals surface area contributed by atoms with Crippen molar-refractivity contribution in [1.29, 1.82) is 0 Å². The number of amides is 1. The highest BCUT2D eigenvalue weighted by atomic mass is 35.5. The summed E-state index contributed by atoms with van der Waals surface area (Å²) in [4.78, 5) is 17.3. The van der Waals surface area contributed by atoms with E-state index in [9.17, 15) is 4.79 Å². The Kier molecular flexibility index (Phi) is 7.02. The van der Waals surface area contributed by atoms with Gasteiger partial charge in [-0.15, -0.1) is 5.10 Å². The van der Waals surface area contributed by atoms with E-state index in [2.05, 4.69) is 20.4 Å². The summed E-state index contributed by atoms with van der Waals surface area (Å²) in [7, 11) is 0. The Balaban J connectivity index is 1.32. The molecule has 32 heavy (non-hydrogen) atoms. The summed E-state index contributed by atoms with van der Waals surface area (Å²) in [5.41, 5.74) is 1.85. The maximum atomic E-state index is 13.0. The lowest BCUT2D eigenvalue weighted by Gasteiger charge is -2.34. The second-order valence-corrected chi connectivity index (χ2v) is 8.58. The summed E-state index contributed by atoms with van der Waals surface area (Å²) < 4.78 is 7.58. The minimum Gasteiger partial charge on any atom is -0.486 e. The molecule has 1 aliphatic rings. The van der Waals surface area contributed by atoms with Crippen molar-refractivity contribution in [3.05, 3.63) is 70.5 Å². The molecule has 4 rings (SSSR count). The average Bonchev–Trinajstić information content (AvgIpc) is 3.29. The van der Waals surface area contributed by atoms with Gasteiger partial charge in [0, 0.05) is 43.3 Å². The second kappa shape index (κ2) is 10.1. The van der Waals surface area contributed by atoms with Crippen LogP contribution in [0.25, 0.3) is 0 Å². The Labute approximate surface area is 192 Å². The van der Waals surface area contributed by atoms with Gasteiger partial charge < -0.3 is 9.64 Å². The van der Waals surface area contributed by atoms with Gasteiger partial charge in [0.25, 0.3) is 5.91 Å². The molecule has 1 aliphatic heterocycles. The van der Waals surface area contributed by atoms with Gasteiger partial charge in [0.05, 0.1) is 6.04 Å². The first-order valence-electron chi connectivity index (χ1n) is 10.8. The number of benzene rings is 2. The van der Waals surface area contributed by atoms with Crippen molar-refractivity contribution in [2.75, 3.05) is 26.2 Å². The van der Waals surface area contributed by atoms with Crippen LogP contribution in [-0.4, -0.2) is 62.1 Å². The molecule has 1 aromatic heterocycles. The van der Waals surface area contributed by atoms with Gasteiger partial charge in [0.2, 0.25) is 0 Å². The number of rotatable bonds is 7. The van der Waals surface area contributed by atoms with Crippen LogP contribution >= 0.6 is 11.6 Å². The molecule has 168 valence electrons. The summed E-state index contributed by atoms with van der Waals surface area (Å²) in [6, 6.07) is 15.4. The van der Waals surface area contributed by atoms with E-state index >= 15 is 0 Å². The molecule has 0 bridgehead atoms. The van der Waals surface area contributed by atoms with Gasteiger partial charge in [-0.1, -0.05) is 29.8 Å². The predicted molar refractivity (Wildman–Crippen MR) is 122 cm³/mol. The molecule has 0 saturated carbocycles. The summed E-state index contributed by atoms with van der Waals surface area (Å²) in [5.74, 6) is 1.29. The van der Waals surface area contributed by atoms with E-state index < -0.39 is 0 Å². The van der Waals surface area contributed by atoms with Crippen LogP contribution in [0.15, 0.2) is 48.5 Å². The third kappa shape index (κ3) is 5.44. The Bertz CT molecular complexity index is 1040. The molecule has 0 spiro atoms. The van der Waals surface area contributed by atoms with Crippen LogP contribution in [0.1, 0.15) is 41.6 Å². The van der Waals surface area contributed by atoms with Crippen LogP contribution < -0.4 is 4.74 Å². The third-order valence-electron chi connectivity index (χ3n) is 5.48. The summed E-state index contributed by atoms with van der Waals surface area (Å²) in [6.45, 7) is 8.18. The number of piperazine rings is 1. The number of hydrogen-bond donors (Lipinski definition) is 0. The van der Waals surface area contributed by atoms with Gasteiger partial charge in [0.1, 0.15) is 12.4 Å². The predicted octanol–water partition coefficient (Wildman–Crippen LogP) is 3.44. The molecule has 1 saturated heterocycles. The van der Waals surface area contributed by atoms with Crippen molar-refractivity contribution < 1.29 is 9.53 Å². The SMILES string of the molecule is CC(C)n1nnnc1COc1cccc(C(=O)N2CCN(Cc3ccc(Cl)cc3)CC2)c1. The molecular formula is C23H27ClN6O2. The van der Waals surface area contributed by atoms with Crippen LogP contribution in [-0.2, 0) is 13.2 Å². The van der Waals surface area contributed by atoms with Crippen molar-refractivity contribution in [1.82, 2.24) is 30.0 Å². The number of hydrogen-bond acceptors (Lipinski definition) is 6. The van der Waals surface area contributed by atoms with Crippen molar-refractivity contribution >= 4 is 17.5 Å². The zero-order chi connectivity index (χ0) is 22.5. The fourth-order valence-electron chi connectivity index (χ4n) is 3.71. The molecule has 0 N–H and O–H groups in total. The van der Waals surface area contributed by atoms with Gasteiger partial charge >= 0.3 is 0 Å². The Morgan fingerprint density at radius 2 is 1.84 bits per heavy atom. The molecule has 0 aliphatic carbocycles. The lowest BCUT2D eigenvalue weighted by molar-refractivity contribution is 0.0628. The topological polar surface area (TPSA) is 76.4 Å². The van der Waals surface area contributed by atoms with Crippen LogP contribution in [0.3, 0.4) is 0 Å². The van der Waals surface area contributed by atoms with E-state index in [4.69, 9.17) is 16.3 Å². The zero-order valence-electron chi connectivity index (χ0n) is 18.3. The molecule has 2 aromatic carbocycles. The molecule has 3 aromatic rings. The zero-order valence-corrected chi connectivity index (χ0v) is 19.1. The van der Waals surface area contributed by atoms with Crippen molar-refractivity contribution in [2.24, 2.45) is 0 Å². The van der Waals surface area contributed by atoms with Crippen LogP contribution in [0.5, 0.6) is 5.75 Å². The minimum absolute atomic E-state index is 0.0219. The lowest BCUT2D eigenvalue weighted by Crippen LogP contribution is -2.48. The van der Waals surface area contributed by atoms with Crippen LogP contribution in [0.2, 0.25) is 5.02 Å². The van der Waals surface area contributed by atoms with E-state index in [1.54, 1.807) is 10.7 Å². The Morgan fingerprint density at radius 3 is 2.56 bits per heavy atom. The molecule has 9 heteroatoms. The van der Waals surface area contributed by atoms with Crippen molar-refractivity contribution in [2.45, 2.75) is 33.0 Å². The minimum atomic E-state index is 0.0219. The van der Waals surface area contributed by atoms with Gasteiger partial charge in [-0.2, -0.15) is 0 Å². The first-order valence-corrected chi connectivity index (χ1v) is 11.1. The van der Waals surface area contributed by atoms with Gasteiger partial charge in [-0.25, -0.2) is 4.68 Å². The fraction of sp³-hybridized carbons (Fsp3) is 0.391. The normalized spacial score (nSPS) is 14.7. The van der Waals surface area contributed by atoms with Gasteiger partial charge in [-0.05, 0) is 60.2 Å². The molecule has 8 nitrogen and oxygen atoms in total. The van der Waals surface area contributed by atoms with E-state index in [1.807, 2.05) is 61.2 Å². The Hall–Kier alpha value is -2.97. The van der Waals surface area contributed by atoms with Crippen molar-refractivity contribution in [3.8, 4) is 5.75 Å². The molecule has 1 fully saturated rings. The summed E-state index contributed by atoms with van der Waals surface area (Å²) in [5, 5.41) is 12.4. The first-order chi connectivity index (χ1) is 15.5. The average molecular weight is 455 g/mol. The smallest absolute Gasteiger partial charge is 0.254 e. The highest BCUT2D eigenvalue weighted by Crippen LogP contribution is 2.18. The lowest BCUT2D eigenvalue weighted by atomic mass is 10.1. The molecule has 0 unspecified atom stereocenters. The van der Waals surface area contributed by atoms with Gasteiger partial charge in [-0.3, -0.25) is 9.69 Å². The van der Waals surface area contributed by atoms with Gasteiger partial charge in [0.15, 0.2) is 5.82 Å². The number of tetrazole rings is 1. The second-order valence-electron chi connectivity index (χ2n) is 8.14. The first kappa shape index (κ1) is 22.2. The van der Waals surface area contributed by atoms with Crippen molar-refractivity contribution in [3.63, 3.8) is 0 Å². The number of nitrogens with zero attached hydrogens (tertiary/aromatic N) is 6. The number of ether oxygens (including phenoxy) is 1. The monoisotopic (exact) mass is 454 g/mol. The summed E-state index contributed by atoms with van der Waals surface area (Å²) >= 11 is 5.97. The van der Waals surface area contributed by atoms with E-state index in [1.165, 1.54) is 5.56 Å². The maximum Gasteiger partial charge on any atom is 0.254 e. The van der Waals surface area contributed by atoms with E-state index in [0.717, 1.165) is 24.7 Å². The van der Waals surface area contributed by atoms with E-state index in [0.29, 0.717) is 30.2 Å². The molecular weight excluding hydrogens is 428 g/mol.